The molecule has 3 rings (SSSR count). The van der Waals surface area contributed by atoms with Crippen molar-refractivity contribution >= 4 is 35.2 Å². The summed E-state index contributed by atoms with van der Waals surface area (Å²) in [5, 5.41) is 2.25. The van der Waals surface area contributed by atoms with Gasteiger partial charge in [0.25, 0.3) is 11.8 Å². The average Bonchev–Trinajstić information content (AvgIpc) is 2.94. The Balaban J connectivity index is 1.39. The Bertz CT molecular complexity index is 868. The maximum Gasteiger partial charge on any atom is 0.261 e. The van der Waals surface area contributed by atoms with Crippen molar-refractivity contribution in [3.63, 3.8) is 0 Å². The average molecular weight is 400 g/mol. The predicted octanol–water partition coefficient (Wildman–Crippen LogP) is 3.96. The highest BCUT2D eigenvalue weighted by Gasteiger charge is 2.34. The number of nitrogens with one attached hydrogen (secondary N) is 1. The van der Waals surface area contributed by atoms with Crippen LogP contribution in [0.5, 0.6) is 0 Å². The summed E-state index contributed by atoms with van der Waals surface area (Å²) in [7, 11) is 0. The molecule has 0 radical (unpaired) electrons. The highest BCUT2D eigenvalue weighted by molar-refractivity contribution is 8.00. The van der Waals surface area contributed by atoms with Crippen molar-refractivity contribution in [1.29, 1.82) is 0 Å². The molecule has 2 aromatic carbocycles. The van der Waals surface area contributed by atoms with Crippen LogP contribution in [0.2, 0.25) is 0 Å². The topological polar surface area (TPSA) is 66.5 Å². The van der Waals surface area contributed by atoms with Gasteiger partial charge in [0.1, 0.15) is 5.82 Å². The fourth-order valence-corrected chi connectivity index (χ4v) is 3.88. The number of anilines is 1. The molecule has 146 valence electrons. The lowest BCUT2D eigenvalue weighted by Crippen LogP contribution is -2.30. The molecule has 7 heteroatoms. The number of halogens is 1. The van der Waals surface area contributed by atoms with Crippen molar-refractivity contribution in [3.05, 3.63) is 65.5 Å². The van der Waals surface area contributed by atoms with Gasteiger partial charge in [-0.05, 0) is 49.8 Å². The third-order valence-corrected chi connectivity index (χ3v) is 5.76. The normalized spacial score (nSPS) is 14.1. The van der Waals surface area contributed by atoms with E-state index < -0.39 is 5.82 Å². The van der Waals surface area contributed by atoms with E-state index in [0.717, 1.165) is 6.42 Å². The number of thioether (sulfide) groups is 1. The van der Waals surface area contributed by atoms with E-state index in [1.807, 2.05) is 0 Å². The van der Waals surface area contributed by atoms with Gasteiger partial charge in [-0.25, -0.2) is 4.39 Å². The third kappa shape index (κ3) is 4.42. The summed E-state index contributed by atoms with van der Waals surface area (Å²) < 4.78 is 13.6. The number of unbranched alkanes of at least 4 members (excludes halogenated alkanes) is 1. The maximum atomic E-state index is 13.6. The van der Waals surface area contributed by atoms with Crippen LogP contribution in [-0.2, 0) is 4.79 Å². The van der Waals surface area contributed by atoms with Gasteiger partial charge in [-0.3, -0.25) is 19.3 Å². The van der Waals surface area contributed by atoms with Crippen LogP contribution >= 0.6 is 11.8 Å². The van der Waals surface area contributed by atoms with Crippen LogP contribution in [-0.4, -0.2) is 40.2 Å². The van der Waals surface area contributed by atoms with Gasteiger partial charge < -0.3 is 5.32 Å². The van der Waals surface area contributed by atoms with E-state index in [0.29, 0.717) is 29.8 Å². The zero-order chi connectivity index (χ0) is 20.1. The largest absolute Gasteiger partial charge is 0.323 e. The number of benzene rings is 2. The molecule has 1 N–H and O–H groups in total. The second kappa shape index (κ2) is 9.01. The van der Waals surface area contributed by atoms with E-state index >= 15 is 0 Å². The van der Waals surface area contributed by atoms with Gasteiger partial charge in [0.05, 0.1) is 22.1 Å². The molecule has 0 aliphatic carbocycles. The summed E-state index contributed by atoms with van der Waals surface area (Å²) in [6.45, 7) is 2.13. The highest BCUT2D eigenvalue weighted by atomic mass is 32.2. The molecule has 0 aromatic heterocycles. The first-order chi connectivity index (χ1) is 13.5. The lowest BCUT2D eigenvalue weighted by atomic mass is 10.1. The Labute approximate surface area is 167 Å². The number of rotatable bonds is 8. The molecule has 0 saturated carbocycles. The molecule has 1 atom stereocenters. The number of imide groups is 1. The molecule has 2 aromatic rings. The molecule has 3 amide bonds. The molecule has 1 unspecified atom stereocenters. The van der Waals surface area contributed by atoms with Crippen molar-refractivity contribution in [1.82, 2.24) is 4.90 Å². The molecule has 0 fully saturated rings. The number of hydrogen-bond donors (Lipinski definition) is 1. The minimum absolute atomic E-state index is 0.172. The van der Waals surface area contributed by atoms with Crippen molar-refractivity contribution in [2.45, 2.75) is 25.0 Å². The van der Waals surface area contributed by atoms with Gasteiger partial charge >= 0.3 is 0 Å². The SMILES string of the molecule is CC(SCCCCN1C(=O)c2ccccc2C1=O)C(=O)Nc1ccccc1F. The molecular weight excluding hydrogens is 379 g/mol. The van der Waals surface area contributed by atoms with E-state index in [1.54, 1.807) is 43.3 Å². The summed E-state index contributed by atoms with van der Waals surface area (Å²) in [6, 6.07) is 12.9. The fraction of sp³-hybridized carbons (Fsp3) is 0.286. The van der Waals surface area contributed by atoms with Crippen LogP contribution in [0.25, 0.3) is 0 Å². The number of hydrogen-bond acceptors (Lipinski definition) is 4. The summed E-state index contributed by atoms with van der Waals surface area (Å²) >= 11 is 1.46. The molecular formula is C21H21FN2O3S. The lowest BCUT2D eigenvalue weighted by molar-refractivity contribution is -0.115. The molecule has 1 aliphatic heterocycles. The highest BCUT2D eigenvalue weighted by Crippen LogP contribution is 2.23. The first-order valence-electron chi connectivity index (χ1n) is 9.11. The van der Waals surface area contributed by atoms with Gasteiger partial charge in [-0.1, -0.05) is 24.3 Å². The molecule has 1 heterocycles. The monoisotopic (exact) mass is 400 g/mol. The van der Waals surface area contributed by atoms with Gasteiger partial charge in [-0.2, -0.15) is 0 Å². The first-order valence-corrected chi connectivity index (χ1v) is 10.2. The summed E-state index contributed by atoms with van der Waals surface area (Å²) in [4.78, 5) is 38.0. The summed E-state index contributed by atoms with van der Waals surface area (Å²) in [6.07, 6.45) is 1.43. The molecule has 28 heavy (non-hydrogen) atoms. The molecule has 0 saturated heterocycles. The van der Waals surface area contributed by atoms with Crippen molar-refractivity contribution in [3.8, 4) is 0 Å². The van der Waals surface area contributed by atoms with Crippen LogP contribution < -0.4 is 5.32 Å². The minimum Gasteiger partial charge on any atom is -0.323 e. The van der Waals surface area contributed by atoms with E-state index in [9.17, 15) is 18.8 Å². The van der Waals surface area contributed by atoms with E-state index in [-0.39, 0.29) is 28.7 Å². The van der Waals surface area contributed by atoms with E-state index in [2.05, 4.69) is 5.32 Å². The van der Waals surface area contributed by atoms with Gasteiger partial charge in [0, 0.05) is 6.54 Å². The van der Waals surface area contributed by atoms with Crippen molar-refractivity contribution in [2.75, 3.05) is 17.6 Å². The predicted molar refractivity (Wildman–Crippen MR) is 108 cm³/mol. The quantitative estimate of drug-likeness (QED) is 0.538. The number of carbonyl (C=O) groups excluding carboxylic acids is 3. The number of amides is 3. The molecule has 1 aliphatic rings. The van der Waals surface area contributed by atoms with Crippen molar-refractivity contribution < 1.29 is 18.8 Å². The fourth-order valence-electron chi connectivity index (χ4n) is 2.95. The van der Waals surface area contributed by atoms with E-state index in [1.165, 1.54) is 28.8 Å². The Morgan fingerprint density at radius 1 is 1.04 bits per heavy atom. The second-order valence-electron chi connectivity index (χ2n) is 6.50. The van der Waals surface area contributed by atoms with Crippen molar-refractivity contribution in [2.24, 2.45) is 0 Å². The smallest absolute Gasteiger partial charge is 0.261 e. The number of para-hydroxylation sites is 1. The number of fused-ring (bicyclic) bond motifs is 1. The second-order valence-corrected chi connectivity index (χ2v) is 7.95. The lowest BCUT2D eigenvalue weighted by Gasteiger charge is -2.14. The Hall–Kier alpha value is -2.67. The maximum absolute atomic E-state index is 13.6. The van der Waals surface area contributed by atoms with E-state index in [4.69, 9.17) is 0 Å². The first kappa shape index (κ1) is 20.1. The van der Waals surface area contributed by atoms with Gasteiger partial charge in [0.15, 0.2) is 0 Å². The Morgan fingerprint density at radius 3 is 2.29 bits per heavy atom. The van der Waals surface area contributed by atoms with Crippen LogP contribution in [0.1, 0.15) is 40.5 Å². The van der Waals surface area contributed by atoms with Gasteiger partial charge in [-0.15, -0.1) is 11.8 Å². The van der Waals surface area contributed by atoms with Crippen LogP contribution in [0.3, 0.4) is 0 Å². The zero-order valence-electron chi connectivity index (χ0n) is 15.5. The third-order valence-electron chi connectivity index (χ3n) is 4.52. The van der Waals surface area contributed by atoms with Gasteiger partial charge in [0.2, 0.25) is 5.91 Å². The Morgan fingerprint density at radius 2 is 1.64 bits per heavy atom. The zero-order valence-corrected chi connectivity index (χ0v) is 16.3. The summed E-state index contributed by atoms with van der Waals surface area (Å²) in [5.74, 6) is -0.504. The summed E-state index contributed by atoms with van der Waals surface area (Å²) in [5.41, 5.74) is 1.09. The number of nitrogens with zero attached hydrogens (tertiary/aromatic N) is 1. The van der Waals surface area contributed by atoms with Crippen LogP contribution in [0.4, 0.5) is 10.1 Å². The Kier molecular flexibility index (Phi) is 6.46. The minimum atomic E-state index is -0.464. The standard InChI is InChI=1S/C21H21FN2O3S/c1-14(19(25)23-18-11-5-4-10-17(18)22)28-13-7-6-12-24-20(26)15-8-2-3-9-16(15)21(24)27/h2-5,8-11,14H,6-7,12-13H2,1H3,(H,23,25). The van der Waals surface area contributed by atoms with Crippen LogP contribution in [0.15, 0.2) is 48.5 Å². The molecule has 0 spiro atoms. The number of carbonyl (C=O) groups is 3. The molecule has 0 bridgehead atoms. The van der Waals surface area contributed by atoms with Crippen LogP contribution in [0, 0.1) is 5.82 Å². The molecule has 5 nitrogen and oxygen atoms in total.